The topological polar surface area (TPSA) is 61.2 Å². The van der Waals surface area contributed by atoms with Gasteiger partial charge in [0.25, 0.3) is 0 Å². The van der Waals surface area contributed by atoms with E-state index in [4.69, 9.17) is 5.73 Å². The Kier molecular flexibility index (Phi) is 3.96. The molecule has 1 fully saturated rings. The van der Waals surface area contributed by atoms with Crippen molar-refractivity contribution < 1.29 is 0 Å². The number of H-pyrrole nitrogens is 1. The number of rotatable bonds is 3. The third-order valence-corrected chi connectivity index (χ3v) is 3.79. The number of piperazine rings is 1. The molecule has 2 rings (SSSR count). The van der Waals surface area contributed by atoms with E-state index in [9.17, 15) is 0 Å². The highest BCUT2D eigenvalue weighted by Gasteiger charge is 2.25. The number of nitrogens with zero attached hydrogens (tertiary/aromatic N) is 3. The Hall–Kier alpha value is -0.430. The Labute approximate surface area is 104 Å². The number of aromatic amines is 1. The van der Waals surface area contributed by atoms with Gasteiger partial charge in [-0.15, -0.1) is 0 Å². The van der Waals surface area contributed by atoms with E-state index in [0.717, 1.165) is 36.5 Å². The van der Waals surface area contributed by atoms with E-state index in [1.54, 1.807) is 6.33 Å². The van der Waals surface area contributed by atoms with Gasteiger partial charge in [0, 0.05) is 32.7 Å². The Balaban J connectivity index is 2.08. The van der Waals surface area contributed by atoms with E-state index in [2.05, 4.69) is 42.7 Å². The van der Waals surface area contributed by atoms with Crippen LogP contribution >= 0.6 is 15.9 Å². The number of nitrogens with one attached hydrogen (secondary N) is 1. The average Bonchev–Trinajstić information content (AvgIpc) is 2.69. The van der Waals surface area contributed by atoms with Gasteiger partial charge in [0.1, 0.15) is 4.60 Å². The van der Waals surface area contributed by atoms with Gasteiger partial charge in [-0.3, -0.25) is 4.90 Å². The van der Waals surface area contributed by atoms with Crippen LogP contribution in [0.5, 0.6) is 0 Å². The van der Waals surface area contributed by atoms with Gasteiger partial charge in [-0.05, 0) is 23.0 Å². The van der Waals surface area contributed by atoms with Crippen molar-refractivity contribution in [3.05, 3.63) is 16.6 Å². The normalized spacial score (nSPS) is 21.2. The summed E-state index contributed by atoms with van der Waals surface area (Å²) in [6, 6.07) is 0.241. The summed E-state index contributed by atoms with van der Waals surface area (Å²) in [5.74, 6) is 0. The minimum absolute atomic E-state index is 0.241. The maximum Gasteiger partial charge on any atom is 0.128 e. The number of likely N-dealkylation sites (N-methyl/N-ethyl adjacent to an activating group) is 1. The molecular formula is C10H18BrN5. The first kappa shape index (κ1) is 12.0. The summed E-state index contributed by atoms with van der Waals surface area (Å²) < 4.78 is 0.877. The highest BCUT2D eigenvalue weighted by atomic mass is 79.9. The summed E-state index contributed by atoms with van der Waals surface area (Å²) in [5.41, 5.74) is 6.96. The van der Waals surface area contributed by atoms with Crippen LogP contribution in [0.15, 0.2) is 10.9 Å². The Morgan fingerprint density at radius 3 is 2.69 bits per heavy atom. The van der Waals surface area contributed by atoms with Gasteiger partial charge in [0.05, 0.1) is 18.1 Å². The van der Waals surface area contributed by atoms with Crippen LogP contribution < -0.4 is 5.73 Å². The fraction of sp³-hybridized carbons (Fsp3) is 0.700. The highest BCUT2D eigenvalue weighted by Crippen LogP contribution is 2.24. The molecule has 0 saturated carbocycles. The molecule has 0 bridgehead atoms. The summed E-state index contributed by atoms with van der Waals surface area (Å²) in [6.45, 7) is 4.93. The largest absolute Gasteiger partial charge is 0.346 e. The van der Waals surface area contributed by atoms with E-state index in [1.165, 1.54) is 0 Å². The van der Waals surface area contributed by atoms with Crippen molar-refractivity contribution in [2.24, 2.45) is 5.73 Å². The van der Waals surface area contributed by atoms with Gasteiger partial charge in [0.15, 0.2) is 0 Å². The van der Waals surface area contributed by atoms with Crippen molar-refractivity contribution in [1.29, 1.82) is 0 Å². The smallest absolute Gasteiger partial charge is 0.128 e. The summed E-state index contributed by atoms with van der Waals surface area (Å²) in [5, 5.41) is 0. The molecule has 1 aliphatic heterocycles. The molecule has 1 atom stereocenters. The molecule has 0 aliphatic carbocycles. The molecule has 0 spiro atoms. The molecule has 2 heterocycles. The molecule has 3 N–H and O–H groups in total. The highest BCUT2D eigenvalue weighted by molar-refractivity contribution is 9.10. The summed E-state index contributed by atoms with van der Waals surface area (Å²) in [7, 11) is 2.15. The van der Waals surface area contributed by atoms with Crippen LogP contribution in [0.3, 0.4) is 0 Å². The molecule has 1 aromatic rings. The molecule has 90 valence electrons. The third kappa shape index (κ3) is 2.45. The number of hydrogen-bond acceptors (Lipinski definition) is 4. The molecule has 1 aliphatic rings. The van der Waals surface area contributed by atoms with Gasteiger partial charge in [0.2, 0.25) is 0 Å². The van der Waals surface area contributed by atoms with Gasteiger partial charge in [-0.2, -0.15) is 0 Å². The number of nitrogens with two attached hydrogens (primary N) is 1. The van der Waals surface area contributed by atoms with Gasteiger partial charge >= 0.3 is 0 Å². The van der Waals surface area contributed by atoms with E-state index < -0.39 is 0 Å². The third-order valence-electron chi connectivity index (χ3n) is 3.16. The van der Waals surface area contributed by atoms with Crippen molar-refractivity contribution in [1.82, 2.24) is 19.8 Å². The molecule has 1 aromatic heterocycles. The number of imidazole rings is 1. The van der Waals surface area contributed by atoms with Gasteiger partial charge < -0.3 is 15.6 Å². The van der Waals surface area contributed by atoms with E-state index in [-0.39, 0.29) is 6.04 Å². The zero-order valence-corrected chi connectivity index (χ0v) is 11.1. The molecule has 6 heteroatoms. The fourth-order valence-corrected chi connectivity index (χ4v) is 2.59. The quantitative estimate of drug-likeness (QED) is 0.846. The molecule has 16 heavy (non-hydrogen) atoms. The monoisotopic (exact) mass is 287 g/mol. The predicted molar refractivity (Wildman–Crippen MR) is 67.2 cm³/mol. The number of aromatic nitrogens is 2. The summed E-state index contributed by atoms with van der Waals surface area (Å²) in [4.78, 5) is 12.1. The average molecular weight is 288 g/mol. The van der Waals surface area contributed by atoms with Crippen LogP contribution in [-0.4, -0.2) is 59.5 Å². The summed E-state index contributed by atoms with van der Waals surface area (Å²) >= 11 is 3.45. The second-order valence-corrected chi connectivity index (χ2v) is 4.95. The molecule has 5 nitrogen and oxygen atoms in total. The lowest BCUT2D eigenvalue weighted by molar-refractivity contribution is 0.112. The van der Waals surface area contributed by atoms with Crippen LogP contribution in [-0.2, 0) is 0 Å². The van der Waals surface area contributed by atoms with Crippen LogP contribution in [0.1, 0.15) is 11.7 Å². The summed E-state index contributed by atoms with van der Waals surface area (Å²) in [6.07, 6.45) is 1.71. The van der Waals surface area contributed by atoms with Crippen LogP contribution in [0, 0.1) is 0 Å². The Morgan fingerprint density at radius 1 is 1.50 bits per heavy atom. The number of hydrogen-bond donors (Lipinski definition) is 2. The van der Waals surface area contributed by atoms with Crippen molar-refractivity contribution in [2.75, 3.05) is 39.8 Å². The van der Waals surface area contributed by atoms with E-state index in [0.29, 0.717) is 6.54 Å². The predicted octanol–water partition coefficient (Wildman–Crippen LogP) is 0.419. The number of halogens is 1. The van der Waals surface area contributed by atoms with Crippen molar-refractivity contribution in [3.63, 3.8) is 0 Å². The van der Waals surface area contributed by atoms with E-state index >= 15 is 0 Å². The lowest BCUT2D eigenvalue weighted by Gasteiger charge is -2.37. The second kappa shape index (κ2) is 5.27. The minimum Gasteiger partial charge on any atom is -0.346 e. The van der Waals surface area contributed by atoms with Crippen molar-refractivity contribution >= 4 is 15.9 Å². The standard InChI is InChI=1S/C10H18BrN5/c1-15-2-4-16(5-3-15)8(6-12)9-10(11)14-7-13-9/h7-8H,2-6,12H2,1H3,(H,13,14). The lowest BCUT2D eigenvalue weighted by atomic mass is 10.1. The molecule has 0 radical (unpaired) electrons. The lowest BCUT2D eigenvalue weighted by Crippen LogP contribution is -2.47. The van der Waals surface area contributed by atoms with E-state index in [1.807, 2.05) is 0 Å². The molecule has 1 saturated heterocycles. The Bertz CT molecular complexity index is 332. The van der Waals surface area contributed by atoms with Gasteiger partial charge in [-0.1, -0.05) is 0 Å². The van der Waals surface area contributed by atoms with Crippen LogP contribution in [0.4, 0.5) is 0 Å². The zero-order valence-electron chi connectivity index (χ0n) is 9.49. The Morgan fingerprint density at radius 2 is 2.19 bits per heavy atom. The molecule has 0 amide bonds. The maximum absolute atomic E-state index is 5.87. The zero-order chi connectivity index (χ0) is 11.5. The SMILES string of the molecule is CN1CCN(C(CN)c2[nH]cnc2Br)CC1. The van der Waals surface area contributed by atoms with Crippen LogP contribution in [0.2, 0.25) is 0 Å². The fourth-order valence-electron chi connectivity index (χ4n) is 2.10. The molecule has 1 unspecified atom stereocenters. The van der Waals surface area contributed by atoms with Gasteiger partial charge in [-0.25, -0.2) is 4.98 Å². The first-order valence-corrected chi connectivity index (χ1v) is 6.33. The second-order valence-electron chi connectivity index (χ2n) is 4.20. The first-order valence-electron chi connectivity index (χ1n) is 5.53. The first-order chi connectivity index (χ1) is 7.72. The molecular weight excluding hydrogens is 270 g/mol. The minimum atomic E-state index is 0.241. The van der Waals surface area contributed by atoms with Crippen molar-refractivity contribution in [2.45, 2.75) is 6.04 Å². The van der Waals surface area contributed by atoms with Crippen LogP contribution in [0.25, 0.3) is 0 Å². The maximum atomic E-state index is 5.87. The molecule has 0 aromatic carbocycles. The van der Waals surface area contributed by atoms with Crippen molar-refractivity contribution in [3.8, 4) is 0 Å².